The van der Waals surface area contributed by atoms with E-state index in [1.807, 2.05) is 19.2 Å². The molecule has 0 aliphatic carbocycles. The molecule has 0 N–H and O–H groups in total. The Labute approximate surface area is 136 Å². The number of hydrogen-bond donors (Lipinski definition) is 0. The number of likely N-dealkylation sites (N-methyl/N-ethyl adjacent to an activating group) is 1. The minimum absolute atomic E-state index is 0.0963. The Kier molecular flexibility index (Phi) is 3.56. The Morgan fingerprint density at radius 1 is 1.22 bits per heavy atom. The molecular formula is C17H23N5O. The summed E-state index contributed by atoms with van der Waals surface area (Å²) in [6, 6.07) is 2.66. The van der Waals surface area contributed by atoms with Crippen LogP contribution in [0.3, 0.4) is 0 Å². The molecule has 0 unspecified atom stereocenters. The van der Waals surface area contributed by atoms with Gasteiger partial charge in [-0.1, -0.05) is 0 Å². The first-order valence-corrected chi connectivity index (χ1v) is 8.48. The summed E-state index contributed by atoms with van der Waals surface area (Å²) in [5, 5.41) is 4.44. The van der Waals surface area contributed by atoms with E-state index in [1.54, 1.807) is 10.7 Å². The lowest BCUT2D eigenvalue weighted by molar-refractivity contribution is 0.0665. The highest BCUT2D eigenvalue weighted by Crippen LogP contribution is 2.31. The van der Waals surface area contributed by atoms with Gasteiger partial charge in [0.2, 0.25) is 0 Å². The highest BCUT2D eigenvalue weighted by molar-refractivity contribution is 6.01. The van der Waals surface area contributed by atoms with Crippen molar-refractivity contribution < 1.29 is 4.79 Å². The van der Waals surface area contributed by atoms with Gasteiger partial charge < -0.3 is 9.80 Å². The first-order chi connectivity index (χ1) is 11.2. The van der Waals surface area contributed by atoms with Crippen molar-refractivity contribution in [3.63, 3.8) is 0 Å². The second-order valence-corrected chi connectivity index (χ2v) is 6.75. The normalized spacial score (nSPS) is 25.6. The number of aryl methyl sites for hydroxylation is 1. The quantitative estimate of drug-likeness (QED) is 0.847. The summed E-state index contributed by atoms with van der Waals surface area (Å²) in [4.78, 5) is 22.1. The van der Waals surface area contributed by atoms with Crippen molar-refractivity contribution >= 4 is 11.6 Å². The van der Waals surface area contributed by atoms with Gasteiger partial charge in [-0.15, -0.1) is 0 Å². The zero-order valence-electron chi connectivity index (χ0n) is 13.8. The molecule has 2 fully saturated rings. The van der Waals surface area contributed by atoms with Gasteiger partial charge in [-0.2, -0.15) is 5.10 Å². The van der Waals surface area contributed by atoms with E-state index < -0.39 is 0 Å². The molecule has 2 atom stereocenters. The molecule has 4 rings (SSSR count). The topological polar surface area (TPSA) is 53.7 Å². The third kappa shape index (κ3) is 2.32. The second-order valence-electron chi connectivity index (χ2n) is 6.75. The van der Waals surface area contributed by atoms with Gasteiger partial charge in [-0.25, -0.2) is 9.50 Å². The van der Waals surface area contributed by atoms with Crippen LogP contribution < -0.4 is 0 Å². The number of nitrogens with zero attached hydrogens (tertiary/aromatic N) is 5. The molecule has 2 aliphatic heterocycles. The minimum Gasteiger partial charge on any atom is -0.334 e. The molecule has 0 radical (unpaired) electrons. The van der Waals surface area contributed by atoms with Crippen LogP contribution in [-0.4, -0.2) is 62.5 Å². The van der Waals surface area contributed by atoms with Gasteiger partial charge in [0.05, 0.1) is 5.69 Å². The summed E-state index contributed by atoms with van der Waals surface area (Å²) < 4.78 is 1.70. The van der Waals surface area contributed by atoms with Gasteiger partial charge in [0.1, 0.15) is 5.56 Å². The molecule has 1 amide bonds. The van der Waals surface area contributed by atoms with Crippen molar-refractivity contribution in [2.75, 3.05) is 20.1 Å². The fraction of sp³-hybridized carbons (Fsp3) is 0.588. The second kappa shape index (κ2) is 5.60. The van der Waals surface area contributed by atoms with Crippen molar-refractivity contribution in [1.29, 1.82) is 0 Å². The van der Waals surface area contributed by atoms with E-state index in [9.17, 15) is 4.79 Å². The van der Waals surface area contributed by atoms with Crippen LogP contribution in [0.15, 0.2) is 18.5 Å². The third-order valence-corrected chi connectivity index (χ3v) is 5.37. The maximum atomic E-state index is 13.2. The van der Waals surface area contributed by atoms with Crippen LogP contribution >= 0.6 is 0 Å². The average Bonchev–Trinajstić information content (AvgIpc) is 3.23. The summed E-state index contributed by atoms with van der Waals surface area (Å²) in [5.41, 5.74) is 2.10. The van der Waals surface area contributed by atoms with Gasteiger partial charge in [-0.3, -0.25) is 4.79 Å². The van der Waals surface area contributed by atoms with Gasteiger partial charge in [0.15, 0.2) is 5.65 Å². The number of likely N-dealkylation sites (tertiary alicyclic amines) is 2. The van der Waals surface area contributed by atoms with Crippen LogP contribution in [0, 0.1) is 6.92 Å². The maximum Gasteiger partial charge on any atom is 0.259 e. The molecule has 23 heavy (non-hydrogen) atoms. The lowest BCUT2D eigenvalue weighted by Crippen LogP contribution is -2.47. The van der Waals surface area contributed by atoms with Gasteiger partial charge in [0.25, 0.3) is 5.91 Å². The van der Waals surface area contributed by atoms with Crippen molar-refractivity contribution in [3.8, 4) is 0 Å². The van der Waals surface area contributed by atoms with E-state index in [-0.39, 0.29) is 5.91 Å². The summed E-state index contributed by atoms with van der Waals surface area (Å²) in [6.45, 7) is 3.88. The lowest BCUT2D eigenvalue weighted by atomic mass is 10.0. The van der Waals surface area contributed by atoms with E-state index in [0.29, 0.717) is 23.3 Å². The zero-order chi connectivity index (χ0) is 16.0. The summed E-state index contributed by atoms with van der Waals surface area (Å²) in [5.74, 6) is 0.0963. The van der Waals surface area contributed by atoms with Crippen LogP contribution in [0.25, 0.3) is 5.65 Å². The summed E-state index contributed by atoms with van der Waals surface area (Å²) in [7, 11) is 2.18. The molecule has 0 saturated carbocycles. The highest BCUT2D eigenvalue weighted by atomic mass is 16.2. The van der Waals surface area contributed by atoms with Crippen LogP contribution in [0.1, 0.15) is 41.7 Å². The van der Waals surface area contributed by atoms with Crippen LogP contribution in [-0.2, 0) is 0 Å². The number of aromatic nitrogens is 3. The predicted molar refractivity (Wildman–Crippen MR) is 87.4 cm³/mol. The molecule has 122 valence electrons. The smallest absolute Gasteiger partial charge is 0.259 e. The van der Waals surface area contributed by atoms with E-state index in [4.69, 9.17) is 0 Å². The van der Waals surface area contributed by atoms with Gasteiger partial charge in [0, 0.05) is 31.0 Å². The SMILES string of the molecule is Cc1nn2cccnc2c1C(=O)N1CCC[C@H]1[C@H]1CCCN1C. The van der Waals surface area contributed by atoms with Crippen molar-refractivity contribution in [2.24, 2.45) is 0 Å². The van der Waals surface area contributed by atoms with Crippen molar-refractivity contribution in [2.45, 2.75) is 44.7 Å². The van der Waals surface area contributed by atoms with Crippen LogP contribution in [0.4, 0.5) is 0 Å². The standard InChI is InChI=1S/C17H23N5O/c1-12-15(16-18-8-5-11-22(16)19-12)17(23)21-10-4-7-14(21)13-6-3-9-20(13)2/h5,8,11,13-14H,3-4,6-7,9-10H2,1-2H3/t13-,14+/m1/s1. The Morgan fingerprint density at radius 3 is 2.78 bits per heavy atom. The number of rotatable bonds is 2. The van der Waals surface area contributed by atoms with Crippen LogP contribution in [0.5, 0.6) is 0 Å². The molecule has 0 bridgehead atoms. The molecule has 4 heterocycles. The molecule has 6 nitrogen and oxygen atoms in total. The Balaban J connectivity index is 1.68. The largest absolute Gasteiger partial charge is 0.334 e. The molecular weight excluding hydrogens is 290 g/mol. The molecule has 2 aromatic rings. The first-order valence-electron chi connectivity index (χ1n) is 8.48. The van der Waals surface area contributed by atoms with E-state index in [0.717, 1.165) is 31.6 Å². The summed E-state index contributed by atoms with van der Waals surface area (Å²) in [6.07, 6.45) is 8.19. The fourth-order valence-electron chi connectivity index (χ4n) is 4.26. The predicted octanol–water partition coefficient (Wildman–Crippen LogP) is 1.74. The number of carbonyl (C=O) groups excluding carboxylic acids is 1. The Bertz CT molecular complexity index is 740. The number of fused-ring (bicyclic) bond motifs is 1. The first kappa shape index (κ1) is 14.6. The van der Waals surface area contributed by atoms with Gasteiger partial charge in [-0.05, 0) is 52.3 Å². The number of carbonyl (C=O) groups is 1. The number of amides is 1. The molecule has 2 saturated heterocycles. The molecule has 6 heteroatoms. The van der Waals surface area contributed by atoms with E-state index >= 15 is 0 Å². The van der Waals surface area contributed by atoms with E-state index in [2.05, 4.69) is 26.9 Å². The highest BCUT2D eigenvalue weighted by Gasteiger charge is 2.39. The maximum absolute atomic E-state index is 13.2. The number of hydrogen-bond acceptors (Lipinski definition) is 4. The van der Waals surface area contributed by atoms with Gasteiger partial charge >= 0.3 is 0 Å². The monoisotopic (exact) mass is 313 g/mol. The average molecular weight is 313 g/mol. The Morgan fingerprint density at radius 2 is 2.00 bits per heavy atom. The molecule has 2 aromatic heterocycles. The molecule has 0 aromatic carbocycles. The third-order valence-electron chi connectivity index (χ3n) is 5.37. The summed E-state index contributed by atoms with van der Waals surface area (Å²) >= 11 is 0. The lowest BCUT2D eigenvalue weighted by Gasteiger charge is -2.33. The van der Waals surface area contributed by atoms with E-state index in [1.165, 1.54) is 12.8 Å². The minimum atomic E-state index is 0.0963. The fourth-order valence-corrected chi connectivity index (χ4v) is 4.26. The van der Waals surface area contributed by atoms with Crippen LogP contribution in [0.2, 0.25) is 0 Å². The molecule has 2 aliphatic rings. The Hall–Kier alpha value is -1.95. The zero-order valence-corrected chi connectivity index (χ0v) is 13.8. The van der Waals surface area contributed by atoms with Crippen molar-refractivity contribution in [1.82, 2.24) is 24.4 Å². The molecule has 0 spiro atoms. The van der Waals surface area contributed by atoms with Crippen molar-refractivity contribution in [3.05, 3.63) is 29.7 Å².